The molecule has 1 N–H and O–H groups in total. The average Bonchev–Trinajstić information content (AvgIpc) is 3.07. The van der Waals surface area contributed by atoms with Crippen molar-refractivity contribution >= 4 is 52.2 Å². The molecule has 178 valence electrons. The number of amides is 1. The molecule has 4 rings (SSSR count). The van der Waals surface area contributed by atoms with Gasteiger partial charge in [0.15, 0.2) is 0 Å². The molecule has 0 spiro atoms. The first-order chi connectivity index (χ1) is 15.9. The summed E-state index contributed by atoms with van der Waals surface area (Å²) in [5.74, 6) is -0.970. The number of nitrogens with zero attached hydrogens (tertiary/aromatic N) is 2. The monoisotopic (exact) mass is 503 g/mol. The average molecular weight is 504 g/mol. The van der Waals surface area contributed by atoms with Crippen molar-refractivity contribution in [2.75, 3.05) is 5.32 Å². The van der Waals surface area contributed by atoms with Crippen molar-refractivity contribution in [2.45, 2.75) is 40.0 Å². The fourth-order valence-electron chi connectivity index (χ4n) is 5.29. The number of benzene rings is 2. The van der Waals surface area contributed by atoms with Gasteiger partial charge in [-0.15, -0.1) is 0 Å². The van der Waals surface area contributed by atoms with Crippen LogP contribution in [0, 0.1) is 26.4 Å². The summed E-state index contributed by atoms with van der Waals surface area (Å²) in [7, 11) is 0. The third-order valence-corrected chi connectivity index (χ3v) is 8.26. The maximum atomic E-state index is 13.6. The van der Waals surface area contributed by atoms with E-state index in [1.807, 2.05) is 20.8 Å². The molecule has 2 aliphatic rings. The van der Waals surface area contributed by atoms with Gasteiger partial charge in [0.25, 0.3) is 5.69 Å². The number of anilines is 1. The number of hydrogen-bond donors (Lipinski definition) is 1. The Hall–Kier alpha value is -2.97. The molecule has 2 aliphatic carbocycles. The lowest BCUT2D eigenvalue weighted by Gasteiger charge is -2.39. The van der Waals surface area contributed by atoms with E-state index in [2.05, 4.69) is 10.5 Å². The summed E-state index contributed by atoms with van der Waals surface area (Å²) in [6.07, 6.45) is 1.66. The van der Waals surface area contributed by atoms with Gasteiger partial charge in [0.1, 0.15) is 0 Å². The summed E-state index contributed by atoms with van der Waals surface area (Å²) in [4.78, 5) is 41.7. The number of nitro groups is 1. The van der Waals surface area contributed by atoms with Crippen molar-refractivity contribution < 1.29 is 19.3 Å². The van der Waals surface area contributed by atoms with Crippen molar-refractivity contribution in [3.63, 3.8) is 0 Å². The molecule has 10 heteroatoms. The van der Waals surface area contributed by atoms with Crippen LogP contribution in [0.1, 0.15) is 50.4 Å². The molecule has 0 heterocycles. The van der Waals surface area contributed by atoms with E-state index in [4.69, 9.17) is 28.0 Å². The third kappa shape index (κ3) is 3.75. The Morgan fingerprint density at radius 1 is 1.09 bits per heavy atom. The van der Waals surface area contributed by atoms with E-state index in [-0.39, 0.29) is 17.2 Å². The van der Waals surface area contributed by atoms with Gasteiger partial charge in [0.2, 0.25) is 5.91 Å². The Bertz CT molecular complexity index is 1220. The lowest BCUT2D eigenvalue weighted by molar-refractivity contribution is -0.384. The number of halogens is 2. The number of fused-ring (bicyclic) bond motifs is 2. The number of carbonyl (C=O) groups excluding carboxylic acids is 2. The number of nitrogens with one attached hydrogen (secondary N) is 1. The molecule has 2 bridgehead atoms. The van der Waals surface area contributed by atoms with Crippen molar-refractivity contribution in [3.8, 4) is 0 Å². The summed E-state index contributed by atoms with van der Waals surface area (Å²) in [6.45, 7) is 6.07. The molecule has 2 saturated carbocycles. The van der Waals surface area contributed by atoms with Crippen molar-refractivity contribution in [2.24, 2.45) is 21.4 Å². The largest absolute Gasteiger partial charge is 0.365 e. The zero-order valence-electron chi connectivity index (χ0n) is 18.9. The van der Waals surface area contributed by atoms with Gasteiger partial charge in [-0.1, -0.05) is 55.2 Å². The molecule has 2 aromatic carbocycles. The van der Waals surface area contributed by atoms with Crippen LogP contribution in [0.3, 0.4) is 0 Å². The van der Waals surface area contributed by atoms with E-state index < -0.39 is 27.1 Å². The maximum Gasteiger partial charge on any atom is 0.365 e. The Balaban J connectivity index is 1.59. The molecule has 1 amide bonds. The lowest BCUT2D eigenvalue weighted by atomic mass is 9.64. The second kappa shape index (κ2) is 8.36. The summed E-state index contributed by atoms with van der Waals surface area (Å²) >= 11 is 12.2. The van der Waals surface area contributed by atoms with Crippen LogP contribution in [0.4, 0.5) is 11.4 Å². The van der Waals surface area contributed by atoms with Gasteiger partial charge in [0.05, 0.1) is 21.6 Å². The predicted octanol–water partition coefficient (Wildman–Crippen LogP) is 6.27. The van der Waals surface area contributed by atoms with Crippen LogP contribution >= 0.6 is 23.2 Å². The molecule has 0 aromatic heterocycles. The molecule has 0 radical (unpaired) electrons. The number of nitro benzene ring substituents is 1. The molecule has 8 nitrogen and oxygen atoms in total. The van der Waals surface area contributed by atoms with Crippen LogP contribution in [0.5, 0.6) is 0 Å². The fourth-order valence-corrected chi connectivity index (χ4v) is 5.82. The zero-order valence-corrected chi connectivity index (χ0v) is 20.4. The summed E-state index contributed by atoms with van der Waals surface area (Å²) in [6, 6.07) is 10.1. The first-order valence-corrected chi connectivity index (χ1v) is 11.5. The Morgan fingerprint density at radius 3 is 2.41 bits per heavy atom. The molecule has 0 aliphatic heterocycles. The molecule has 2 unspecified atom stereocenters. The topological polar surface area (TPSA) is 111 Å². The van der Waals surface area contributed by atoms with Crippen LogP contribution in [0.25, 0.3) is 0 Å². The molecule has 2 aromatic rings. The van der Waals surface area contributed by atoms with Gasteiger partial charge in [0, 0.05) is 39.7 Å². The quantitative estimate of drug-likeness (QED) is 0.293. The second-order valence-electron chi connectivity index (χ2n) is 9.55. The van der Waals surface area contributed by atoms with Gasteiger partial charge >= 0.3 is 5.97 Å². The number of non-ortho nitro benzene ring substituents is 1. The van der Waals surface area contributed by atoms with Gasteiger partial charge in [-0.05, 0) is 42.5 Å². The Labute approximate surface area is 206 Å². The van der Waals surface area contributed by atoms with Gasteiger partial charge in [-0.2, -0.15) is 0 Å². The van der Waals surface area contributed by atoms with E-state index in [9.17, 15) is 19.7 Å². The highest BCUT2D eigenvalue weighted by atomic mass is 35.5. The molecule has 2 fully saturated rings. The minimum Gasteiger partial charge on any atom is -0.325 e. The van der Waals surface area contributed by atoms with Crippen LogP contribution in [0.2, 0.25) is 10.0 Å². The minimum absolute atomic E-state index is 0.0245. The standard InChI is InChI=1S/C24H23Cl2N3O5/c1-22(2)23(3)7-8-24(22,21(31)27-17-11-15(25)10-16(26)12-17)13-19(23)28-34-20(30)14-5-4-6-18(9-14)29(32)33/h4-6,9-12H,7-8,13H2,1-3H3,(H,27,31)/b28-19-. The van der Waals surface area contributed by atoms with Crippen LogP contribution < -0.4 is 5.32 Å². The Morgan fingerprint density at radius 2 is 1.76 bits per heavy atom. The molecular weight excluding hydrogens is 481 g/mol. The Kier molecular flexibility index (Phi) is 5.94. The second-order valence-corrected chi connectivity index (χ2v) is 10.4. The minimum atomic E-state index is -0.799. The lowest BCUT2D eigenvalue weighted by Crippen LogP contribution is -2.43. The SMILES string of the molecule is CC12CCC(C(=O)Nc3cc(Cl)cc(Cl)c3)(C/C1=N/OC(=O)c1cccc([N+](=O)[O-])c1)C2(C)C. The number of carbonyl (C=O) groups is 2. The molecule has 0 saturated heterocycles. The summed E-state index contributed by atoms with van der Waals surface area (Å²) < 4.78 is 0. The van der Waals surface area contributed by atoms with E-state index in [0.717, 1.165) is 6.07 Å². The van der Waals surface area contributed by atoms with E-state index >= 15 is 0 Å². The van der Waals surface area contributed by atoms with E-state index in [1.165, 1.54) is 18.2 Å². The first-order valence-electron chi connectivity index (χ1n) is 10.7. The molecular formula is C24H23Cl2N3O5. The van der Waals surface area contributed by atoms with Crippen LogP contribution in [-0.4, -0.2) is 22.5 Å². The van der Waals surface area contributed by atoms with E-state index in [1.54, 1.807) is 18.2 Å². The maximum absolute atomic E-state index is 13.6. The highest BCUT2D eigenvalue weighted by molar-refractivity contribution is 6.35. The van der Waals surface area contributed by atoms with Gasteiger partial charge in [-0.3, -0.25) is 14.9 Å². The number of rotatable bonds is 5. The highest BCUT2D eigenvalue weighted by Crippen LogP contribution is 2.71. The zero-order chi connectivity index (χ0) is 24.9. The highest BCUT2D eigenvalue weighted by Gasteiger charge is 2.71. The normalized spacial score (nSPS) is 25.9. The molecule has 34 heavy (non-hydrogen) atoms. The summed E-state index contributed by atoms with van der Waals surface area (Å²) in [5.41, 5.74) is -0.802. The predicted molar refractivity (Wildman–Crippen MR) is 129 cm³/mol. The number of hydrogen-bond acceptors (Lipinski definition) is 6. The van der Waals surface area contributed by atoms with Crippen LogP contribution in [-0.2, 0) is 9.63 Å². The van der Waals surface area contributed by atoms with Crippen molar-refractivity contribution in [3.05, 3.63) is 68.2 Å². The van der Waals surface area contributed by atoms with Crippen LogP contribution in [0.15, 0.2) is 47.6 Å². The van der Waals surface area contributed by atoms with Crippen molar-refractivity contribution in [1.82, 2.24) is 0 Å². The van der Waals surface area contributed by atoms with Gasteiger partial charge in [-0.25, -0.2) is 4.79 Å². The smallest absolute Gasteiger partial charge is 0.325 e. The first kappa shape index (κ1) is 24.2. The van der Waals surface area contributed by atoms with Gasteiger partial charge < -0.3 is 10.2 Å². The summed E-state index contributed by atoms with van der Waals surface area (Å²) in [5, 5.41) is 18.9. The molecule has 2 atom stereocenters. The third-order valence-electron chi connectivity index (χ3n) is 7.82. The fraction of sp³-hybridized carbons (Fsp3) is 0.375. The number of oxime groups is 1. The van der Waals surface area contributed by atoms with E-state index in [0.29, 0.717) is 40.7 Å². The van der Waals surface area contributed by atoms with Crippen molar-refractivity contribution in [1.29, 1.82) is 0 Å².